The Morgan fingerprint density at radius 3 is 2.60 bits per heavy atom. The first kappa shape index (κ1) is 13.6. The average Bonchev–Trinajstić information content (AvgIpc) is 2.56. The van der Waals surface area contributed by atoms with Gasteiger partial charge < -0.3 is 9.64 Å². The minimum absolute atomic E-state index is 0.0393. The fraction of sp³-hybridized carbons (Fsp3) is 0.588. The van der Waals surface area contributed by atoms with Crippen molar-refractivity contribution in [2.24, 2.45) is 5.92 Å². The number of carbonyl (C=O) groups is 1. The maximum atomic E-state index is 12.6. The van der Waals surface area contributed by atoms with Crippen molar-refractivity contribution in [3.8, 4) is 0 Å². The molecule has 1 amide bonds. The molecule has 0 N–H and O–H groups in total. The van der Waals surface area contributed by atoms with Crippen LogP contribution in [0.2, 0.25) is 0 Å². The van der Waals surface area contributed by atoms with E-state index in [1.54, 1.807) is 0 Å². The Labute approximate surface area is 120 Å². The Balaban J connectivity index is 1.64. The number of carbonyl (C=O) groups excluding carboxylic acids is 1. The summed E-state index contributed by atoms with van der Waals surface area (Å²) in [6.45, 7) is 2.11. The SMILES string of the molecule is O=C(C1CCCCC1)N1CCO[C@H](c2ccccc2)C1. The first-order chi connectivity index (χ1) is 9.84. The molecule has 0 aromatic heterocycles. The second kappa shape index (κ2) is 6.40. The molecule has 1 atom stereocenters. The second-order valence-corrected chi connectivity index (χ2v) is 5.89. The zero-order chi connectivity index (χ0) is 13.8. The molecule has 0 bridgehead atoms. The quantitative estimate of drug-likeness (QED) is 0.828. The molecule has 2 aliphatic rings. The molecule has 1 aliphatic carbocycles. The van der Waals surface area contributed by atoms with Gasteiger partial charge in [-0.25, -0.2) is 0 Å². The van der Waals surface area contributed by atoms with Crippen molar-refractivity contribution >= 4 is 5.91 Å². The lowest BCUT2D eigenvalue weighted by molar-refractivity contribution is -0.144. The van der Waals surface area contributed by atoms with Gasteiger partial charge in [-0.1, -0.05) is 49.6 Å². The summed E-state index contributed by atoms with van der Waals surface area (Å²) in [5, 5.41) is 0. The lowest BCUT2D eigenvalue weighted by atomic mass is 9.88. The van der Waals surface area contributed by atoms with Gasteiger partial charge in [-0.2, -0.15) is 0 Å². The summed E-state index contributed by atoms with van der Waals surface area (Å²) in [6, 6.07) is 10.2. The van der Waals surface area contributed by atoms with E-state index < -0.39 is 0 Å². The van der Waals surface area contributed by atoms with Crippen LogP contribution in [-0.2, 0) is 9.53 Å². The highest BCUT2D eigenvalue weighted by Gasteiger charge is 2.30. The predicted octanol–water partition coefficient (Wildman–Crippen LogP) is 3.17. The van der Waals surface area contributed by atoms with E-state index in [1.807, 2.05) is 23.1 Å². The van der Waals surface area contributed by atoms with E-state index in [0.29, 0.717) is 19.1 Å². The molecule has 108 valence electrons. The Bertz CT molecular complexity index is 440. The third-order valence-electron chi connectivity index (χ3n) is 4.50. The number of nitrogens with zero attached hydrogens (tertiary/aromatic N) is 1. The van der Waals surface area contributed by atoms with E-state index >= 15 is 0 Å². The number of benzene rings is 1. The molecule has 1 aromatic rings. The molecule has 20 heavy (non-hydrogen) atoms. The number of morpholine rings is 1. The second-order valence-electron chi connectivity index (χ2n) is 5.89. The Morgan fingerprint density at radius 2 is 1.85 bits per heavy atom. The van der Waals surface area contributed by atoms with Crippen LogP contribution in [-0.4, -0.2) is 30.5 Å². The number of rotatable bonds is 2. The van der Waals surface area contributed by atoms with Crippen LogP contribution in [0, 0.1) is 5.92 Å². The van der Waals surface area contributed by atoms with Crippen LogP contribution in [0.1, 0.15) is 43.8 Å². The fourth-order valence-electron chi connectivity index (χ4n) is 3.33. The van der Waals surface area contributed by atoms with E-state index in [0.717, 1.165) is 19.4 Å². The normalized spacial score (nSPS) is 24.6. The van der Waals surface area contributed by atoms with E-state index in [-0.39, 0.29) is 12.0 Å². The maximum absolute atomic E-state index is 12.6. The van der Waals surface area contributed by atoms with Crippen molar-refractivity contribution in [1.29, 1.82) is 0 Å². The lowest BCUT2D eigenvalue weighted by Gasteiger charge is -2.36. The van der Waals surface area contributed by atoms with E-state index in [2.05, 4.69) is 12.1 Å². The first-order valence-corrected chi connectivity index (χ1v) is 7.80. The number of hydrogen-bond donors (Lipinski definition) is 0. The third-order valence-corrected chi connectivity index (χ3v) is 4.50. The Hall–Kier alpha value is -1.35. The highest BCUT2D eigenvalue weighted by atomic mass is 16.5. The molecule has 3 nitrogen and oxygen atoms in total. The van der Waals surface area contributed by atoms with Crippen molar-refractivity contribution in [2.75, 3.05) is 19.7 Å². The van der Waals surface area contributed by atoms with E-state index in [4.69, 9.17) is 4.74 Å². The number of amides is 1. The zero-order valence-electron chi connectivity index (χ0n) is 12.0. The Kier molecular flexibility index (Phi) is 4.36. The van der Waals surface area contributed by atoms with Crippen molar-refractivity contribution in [3.05, 3.63) is 35.9 Å². The largest absolute Gasteiger partial charge is 0.370 e. The summed E-state index contributed by atoms with van der Waals surface area (Å²) < 4.78 is 5.84. The molecule has 1 aromatic carbocycles. The van der Waals surface area contributed by atoms with E-state index in [9.17, 15) is 4.79 Å². The maximum Gasteiger partial charge on any atom is 0.225 e. The summed E-state index contributed by atoms with van der Waals surface area (Å²) in [5.74, 6) is 0.618. The molecule has 1 saturated heterocycles. The molecule has 1 aliphatic heterocycles. The summed E-state index contributed by atoms with van der Waals surface area (Å²) in [5.41, 5.74) is 1.17. The molecule has 3 heteroatoms. The summed E-state index contributed by atoms with van der Waals surface area (Å²) >= 11 is 0. The van der Waals surface area contributed by atoms with Gasteiger partial charge >= 0.3 is 0 Å². The van der Waals surface area contributed by atoms with Gasteiger partial charge in [0, 0.05) is 12.5 Å². The van der Waals surface area contributed by atoms with Crippen LogP contribution in [0.3, 0.4) is 0 Å². The molecule has 0 unspecified atom stereocenters. The van der Waals surface area contributed by atoms with Crippen LogP contribution in [0.25, 0.3) is 0 Å². The summed E-state index contributed by atoms with van der Waals surface area (Å²) in [7, 11) is 0. The van der Waals surface area contributed by atoms with Gasteiger partial charge in [-0.3, -0.25) is 4.79 Å². The van der Waals surface area contributed by atoms with Crippen LogP contribution in [0.4, 0.5) is 0 Å². The van der Waals surface area contributed by atoms with Crippen LogP contribution in [0.15, 0.2) is 30.3 Å². The third kappa shape index (κ3) is 3.04. The van der Waals surface area contributed by atoms with E-state index in [1.165, 1.54) is 24.8 Å². The highest BCUT2D eigenvalue weighted by molar-refractivity contribution is 5.79. The molecule has 0 radical (unpaired) electrons. The van der Waals surface area contributed by atoms with Crippen LogP contribution in [0.5, 0.6) is 0 Å². The van der Waals surface area contributed by atoms with Crippen molar-refractivity contribution < 1.29 is 9.53 Å². The van der Waals surface area contributed by atoms with Gasteiger partial charge in [0.25, 0.3) is 0 Å². The first-order valence-electron chi connectivity index (χ1n) is 7.80. The minimum atomic E-state index is 0.0393. The monoisotopic (exact) mass is 273 g/mol. The van der Waals surface area contributed by atoms with Crippen molar-refractivity contribution in [1.82, 2.24) is 4.90 Å². The smallest absolute Gasteiger partial charge is 0.225 e. The summed E-state index contributed by atoms with van der Waals surface area (Å²) in [6.07, 6.45) is 5.90. The lowest BCUT2D eigenvalue weighted by Crippen LogP contribution is -2.45. The fourth-order valence-corrected chi connectivity index (χ4v) is 3.33. The van der Waals surface area contributed by atoms with Gasteiger partial charge in [-0.05, 0) is 18.4 Å². The molecule has 3 rings (SSSR count). The molecular formula is C17H23NO2. The predicted molar refractivity (Wildman–Crippen MR) is 78.3 cm³/mol. The molecule has 1 saturated carbocycles. The van der Waals surface area contributed by atoms with Gasteiger partial charge in [0.2, 0.25) is 5.91 Å². The zero-order valence-corrected chi connectivity index (χ0v) is 12.0. The topological polar surface area (TPSA) is 29.5 Å². The standard InChI is InChI=1S/C17H23NO2/c19-17(15-9-5-2-6-10-15)18-11-12-20-16(13-18)14-7-3-1-4-8-14/h1,3-4,7-8,15-16H,2,5-6,9-13H2/t16-/m0/s1. The molecular weight excluding hydrogens is 250 g/mol. The molecule has 1 heterocycles. The summed E-state index contributed by atoms with van der Waals surface area (Å²) in [4.78, 5) is 14.6. The molecule has 0 spiro atoms. The van der Waals surface area contributed by atoms with Gasteiger partial charge in [0.15, 0.2) is 0 Å². The van der Waals surface area contributed by atoms with Gasteiger partial charge in [-0.15, -0.1) is 0 Å². The van der Waals surface area contributed by atoms with Crippen molar-refractivity contribution in [3.63, 3.8) is 0 Å². The number of ether oxygens (including phenoxy) is 1. The highest BCUT2D eigenvalue weighted by Crippen LogP contribution is 2.28. The van der Waals surface area contributed by atoms with Crippen LogP contribution < -0.4 is 0 Å². The van der Waals surface area contributed by atoms with Crippen LogP contribution >= 0.6 is 0 Å². The van der Waals surface area contributed by atoms with Gasteiger partial charge in [0.05, 0.1) is 13.2 Å². The Morgan fingerprint density at radius 1 is 1.10 bits per heavy atom. The average molecular weight is 273 g/mol. The number of hydrogen-bond acceptors (Lipinski definition) is 2. The minimum Gasteiger partial charge on any atom is -0.370 e. The van der Waals surface area contributed by atoms with Crippen molar-refractivity contribution in [2.45, 2.75) is 38.2 Å². The van der Waals surface area contributed by atoms with Gasteiger partial charge in [0.1, 0.15) is 6.10 Å². The molecule has 2 fully saturated rings.